The third-order valence-electron chi connectivity index (χ3n) is 8.74. The van der Waals surface area contributed by atoms with Crippen molar-refractivity contribution in [1.82, 2.24) is 30.5 Å². The predicted octanol–water partition coefficient (Wildman–Crippen LogP) is 1.93. The molecule has 0 aliphatic carbocycles. The van der Waals surface area contributed by atoms with Crippen LogP contribution in [-0.2, 0) is 27.6 Å². The van der Waals surface area contributed by atoms with E-state index in [9.17, 15) is 19.5 Å². The van der Waals surface area contributed by atoms with Crippen LogP contribution in [-0.4, -0.2) is 71.4 Å². The van der Waals surface area contributed by atoms with E-state index < -0.39 is 28.7 Å². The van der Waals surface area contributed by atoms with Crippen LogP contribution in [0.4, 0.5) is 0 Å². The first-order valence-electron chi connectivity index (χ1n) is 13.8. The zero-order valence-electron chi connectivity index (χ0n) is 22.6. The first-order chi connectivity index (χ1) is 19.4. The number of hydrogen-bond acceptors (Lipinski definition) is 7. The lowest BCUT2D eigenvalue weighted by atomic mass is 9.70. The van der Waals surface area contributed by atoms with Crippen molar-refractivity contribution in [2.45, 2.75) is 62.0 Å². The lowest BCUT2D eigenvalue weighted by molar-refractivity contribution is -0.143. The molecule has 3 N–H and O–H groups in total. The number of amides is 3. The summed E-state index contributed by atoms with van der Waals surface area (Å²) in [5, 5.41) is 24.7. The molecule has 1 spiro atoms. The highest BCUT2D eigenvalue weighted by atomic mass is 32.2. The first-order valence-corrected chi connectivity index (χ1v) is 14.7. The molecule has 3 amide bonds. The van der Waals surface area contributed by atoms with Crippen molar-refractivity contribution < 1.29 is 19.5 Å². The highest BCUT2D eigenvalue weighted by Crippen LogP contribution is 2.66. The van der Waals surface area contributed by atoms with E-state index in [0.29, 0.717) is 13.0 Å². The molecule has 3 aliphatic rings. The van der Waals surface area contributed by atoms with E-state index in [1.807, 2.05) is 68.4 Å². The maximum absolute atomic E-state index is 14.2. The van der Waals surface area contributed by atoms with Gasteiger partial charge in [-0.05, 0) is 36.5 Å². The number of fused-ring (bicyclic) bond motifs is 2. The van der Waals surface area contributed by atoms with Crippen LogP contribution >= 0.6 is 11.8 Å². The number of para-hydroxylation sites is 1. The molecule has 6 atom stereocenters. The molecule has 2 aromatic carbocycles. The summed E-state index contributed by atoms with van der Waals surface area (Å²) in [4.78, 5) is 43.4. The van der Waals surface area contributed by atoms with Crippen molar-refractivity contribution in [2.24, 2.45) is 17.8 Å². The summed E-state index contributed by atoms with van der Waals surface area (Å²) in [6.07, 6.45) is 1.42. The molecule has 3 aromatic rings. The Morgan fingerprint density at radius 3 is 2.60 bits per heavy atom. The summed E-state index contributed by atoms with van der Waals surface area (Å²) in [6, 6.07) is 15.8. The predicted molar refractivity (Wildman–Crippen MR) is 151 cm³/mol. The van der Waals surface area contributed by atoms with Gasteiger partial charge in [0.1, 0.15) is 18.2 Å². The minimum absolute atomic E-state index is 0.0342. The average Bonchev–Trinajstić information content (AvgIpc) is 3.71. The molecule has 210 valence electrons. The van der Waals surface area contributed by atoms with E-state index in [1.165, 1.54) is 0 Å². The van der Waals surface area contributed by atoms with Gasteiger partial charge in [-0.1, -0.05) is 61.5 Å². The quantitative estimate of drug-likeness (QED) is 0.363. The van der Waals surface area contributed by atoms with E-state index in [2.05, 4.69) is 20.9 Å². The van der Waals surface area contributed by atoms with Gasteiger partial charge in [0.15, 0.2) is 0 Å². The van der Waals surface area contributed by atoms with Gasteiger partial charge in [0.05, 0.1) is 34.7 Å². The molecule has 4 heterocycles. The van der Waals surface area contributed by atoms with Crippen molar-refractivity contribution in [1.29, 1.82) is 0 Å². The van der Waals surface area contributed by atoms with Gasteiger partial charge in [0.25, 0.3) is 0 Å². The number of carbonyl (C=O) groups excluding carboxylic acids is 3. The summed E-state index contributed by atoms with van der Waals surface area (Å²) in [7, 11) is 0. The molecule has 2 unspecified atom stereocenters. The molecule has 10 nitrogen and oxygen atoms in total. The third-order valence-corrected chi connectivity index (χ3v) is 10.7. The Morgan fingerprint density at radius 1 is 1.10 bits per heavy atom. The van der Waals surface area contributed by atoms with Crippen molar-refractivity contribution in [3.63, 3.8) is 0 Å². The summed E-state index contributed by atoms with van der Waals surface area (Å²) < 4.78 is 0.891. The number of nitrogens with one attached hydrogen (secondary N) is 2. The Hall–Kier alpha value is -3.44. The number of carbonyl (C=O) groups is 3. The zero-order valence-corrected chi connectivity index (χ0v) is 23.4. The Balaban J connectivity index is 1.29. The number of likely N-dealkylation sites (tertiary alicyclic amines) is 1. The van der Waals surface area contributed by atoms with Crippen LogP contribution in [0, 0.1) is 17.8 Å². The van der Waals surface area contributed by atoms with Crippen LogP contribution in [0.1, 0.15) is 32.3 Å². The van der Waals surface area contributed by atoms with Gasteiger partial charge in [-0.3, -0.25) is 14.4 Å². The maximum Gasteiger partial charge on any atom is 0.245 e. The molecule has 6 rings (SSSR count). The molecule has 3 saturated heterocycles. The van der Waals surface area contributed by atoms with Crippen LogP contribution in [0.15, 0.2) is 54.6 Å². The third kappa shape index (κ3) is 4.26. The second-order valence-electron chi connectivity index (χ2n) is 11.3. The average molecular weight is 563 g/mol. The molecule has 0 radical (unpaired) electrons. The van der Waals surface area contributed by atoms with E-state index in [1.54, 1.807) is 21.3 Å². The van der Waals surface area contributed by atoms with Crippen LogP contribution in [0.5, 0.6) is 0 Å². The Kier molecular flexibility index (Phi) is 7.03. The monoisotopic (exact) mass is 562 g/mol. The van der Waals surface area contributed by atoms with Crippen LogP contribution in [0.25, 0.3) is 11.0 Å². The number of benzene rings is 2. The number of hydrogen-bond donors (Lipinski definition) is 3. The zero-order chi connectivity index (χ0) is 28.0. The fourth-order valence-electron chi connectivity index (χ4n) is 6.85. The fourth-order valence-corrected chi connectivity index (χ4v) is 9.06. The van der Waals surface area contributed by atoms with E-state index in [4.69, 9.17) is 0 Å². The molecule has 3 fully saturated rings. The highest BCUT2D eigenvalue weighted by Gasteiger charge is 2.74. The van der Waals surface area contributed by atoms with E-state index in [0.717, 1.165) is 23.0 Å². The summed E-state index contributed by atoms with van der Waals surface area (Å²) >= 11 is 1.62. The van der Waals surface area contributed by atoms with Crippen LogP contribution in [0.3, 0.4) is 0 Å². The molecule has 11 heteroatoms. The lowest BCUT2D eigenvalue weighted by Gasteiger charge is -2.38. The minimum Gasteiger partial charge on any atom is -0.394 e. The summed E-state index contributed by atoms with van der Waals surface area (Å²) in [6.45, 7) is 4.09. The highest BCUT2D eigenvalue weighted by molar-refractivity contribution is 8.02. The van der Waals surface area contributed by atoms with Gasteiger partial charge in [0.2, 0.25) is 17.7 Å². The summed E-state index contributed by atoms with van der Waals surface area (Å²) in [5.74, 6) is -1.89. The fraction of sp³-hybridized carbons (Fsp3) is 0.483. The molecular weight excluding hydrogens is 528 g/mol. The number of rotatable bonds is 9. The van der Waals surface area contributed by atoms with Gasteiger partial charge < -0.3 is 20.6 Å². The minimum atomic E-state index is -0.804. The number of aliphatic hydroxyl groups is 1. The van der Waals surface area contributed by atoms with Crippen molar-refractivity contribution in [3.8, 4) is 0 Å². The van der Waals surface area contributed by atoms with Gasteiger partial charge >= 0.3 is 0 Å². The smallest absolute Gasteiger partial charge is 0.245 e. The number of thioether (sulfide) groups is 1. The molecule has 2 bridgehead atoms. The standard InChI is InChI=1S/C29H34N6O4S/c1-17(2)21(15-36)35-25(27(38)31-16-34-20-11-7-6-10-19(20)32-33-34)29-13-12-22(40-29)23(24(29)28(35)39)26(37)30-14-18-8-4-3-5-9-18/h3-11,17,21-25,36H,12-16H2,1-2H3,(H,30,37)(H,31,38)/t21-,22-,23+,24-,25?,29?/m0/s1. The van der Waals surface area contributed by atoms with Gasteiger partial charge in [0, 0.05) is 11.8 Å². The first kappa shape index (κ1) is 26.8. The normalized spacial score (nSPS) is 27.8. The number of nitrogens with zero attached hydrogens (tertiary/aromatic N) is 4. The largest absolute Gasteiger partial charge is 0.394 e. The second-order valence-corrected chi connectivity index (χ2v) is 12.9. The topological polar surface area (TPSA) is 129 Å². The maximum atomic E-state index is 14.2. The Morgan fingerprint density at radius 2 is 1.85 bits per heavy atom. The number of aromatic nitrogens is 3. The van der Waals surface area contributed by atoms with Crippen molar-refractivity contribution in [2.75, 3.05) is 6.61 Å². The van der Waals surface area contributed by atoms with Crippen LogP contribution < -0.4 is 10.6 Å². The Labute approximate surface area is 236 Å². The van der Waals surface area contributed by atoms with Crippen LogP contribution in [0.2, 0.25) is 0 Å². The SMILES string of the molecule is CC(C)[C@H](CO)N1C(=O)[C@@H]2[C@H](C(=O)NCc3ccccc3)[C@@H]3CCC2(S3)C1C(=O)NCn1nnc2ccccc21. The molecule has 40 heavy (non-hydrogen) atoms. The molecular formula is C29H34N6O4S. The summed E-state index contributed by atoms with van der Waals surface area (Å²) in [5.41, 5.74) is 2.50. The van der Waals surface area contributed by atoms with E-state index >= 15 is 0 Å². The number of aliphatic hydroxyl groups excluding tert-OH is 1. The van der Waals surface area contributed by atoms with Gasteiger partial charge in [-0.25, -0.2) is 4.68 Å². The van der Waals surface area contributed by atoms with E-state index in [-0.39, 0.29) is 42.2 Å². The van der Waals surface area contributed by atoms with Crippen molar-refractivity contribution >= 4 is 40.5 Å². The second kappa shape index (κ2) is 10.5. The lowest BCUT2D eigenvalue weighted by Crippen LogP contribution is -2.57. The van der Waals surface area contributed by atoms with Gasteiger partial charge in [-0.2, -0.15) is 0 Å². The van der Waals surface area contributed by atoms with Gasteiger partial charge in [-0.15, -0.1) is 16.9 Å². The molecule has 0 saturated carbocycles. The van der Waals surface area contributed by atoms with Crippen molar-refractivity contribution in [3.05, 3.63) is 60.2 Å². The molecule has 1 aromatic heterocycles. The Bertz CT molecular complexity index is 1430. The molecule has 3 aliphatic heterocycles.